The number of thiophene rings is 1. The Morgan fingerprint density at radius 1 is 1.00 bits per heavy atom. The number of nitrogens with two attached hydrogens (primary N) is 1. The second-order valence-corrected chi connectivity index (χ2v) is 8.48. The molecule has 2 heterocycles. The molecule has 0 saturated carbocycles. The molecule has 0 aliphatic carbocycles. The molecule has 2 aromatic carbocycles. The molecule has 1 unspecified atom stereocenters. The second kappa shape index (κ2) is 8.81. The maximum atomic E-state index is 12.8. The average Bonchev–Trinajstić information content (AvgIpc) is 3.30. The van der Waals surface area contributed by atoms with Crippen molar-refractivity contribution in [2.75, 3.05) is 19.7 Å². The molecule has 3 aromatic rings. The quantitative estimate of drug-likeness (QED) is 0.665. The van der Waals surface area contributed by atoms with Gasteiger partial charge < -0.3 is 15.4 Å². The molecular formula is C24H24N2O3S. The fourth-order valence-corrected chi connectivity index (χ4v) is 4.51. The summed E-state index contributed by atoms with van der Waals surface area (Å²) < 4.78 is 5.90. The lowest BCUT2D eigenvalue weighted by molar-refractivity contribution is -0.163. The number of nitrogens with zero attached hydrogens (tertiary/aromatic N) is 1. The summed E-state index contributed by atoms with van der Waals surface area (Å²) in [6.07, 6.45) is 0.632. The number of carbonyl (C=O) groups excluding carboxylic acids is 2. The van der Waals surface area contributed by atoms with Crippen LogP contribution in [0, 0.1) is 0 Å². The summed E-state index contributed by atoms with van der Waals surface area (Å²) >= 11 is 1.68. The highest BCUT2D eigenvalue weighted by Gasteiger charge is 2.43. The number of ether oxygens (including phenoxy) is 1. The first kappa shape index (κ1) is 20.3. The highest BCUT2D eigenvalue weighted by atomic mass is 32.1. The Bertz CT molecular complexity index is 1000. The van der Waals surface area contributed by atoms with Crippen LogP contribution in [0.5, 0.6) is 0 Å². The van der Waals surface area contributed by atoms with Crippen molar-refractivity contribution in [3.8, 4) is 10.4 Å². The van der Waals surface area contributed by atoms with Crippen LogP contribution in [0.25, 0.3) is 10.4 Å². The Balaban J connectivity index is 1.49. The molecule has 2 amide bonds. The van der Waals surface area contributed by atoms with Gasteiger partial charge in [0.2, 0.25) is 5.91 Å². The number of primary amides is 1. The van der Waals surface area contributed by atoms with Crippen LogP contribution in [0.15, 0.2) is 72.1 Å². The molecule has 1 saturated heterocycles. The topological polar surface area (TPSA) is 72.6 Å². The zero-order chi connectivity index (χ0) is 21.0. The monoisotopic (exact) mass is 420 g/mol. The Morgan fingerprint density at radius 3 is 2.43 bits per heavy atom. The summed E-state index contributed by atoms with van der Waals surface area (Å²) in [5.74, 6) is -0.565. The van der Waals surface area contributed by atoms with Gasteiger partial charge in [-0.25, -0.2) is 0 Å². The third kappa shape index (κ3) is 4.45. The van der Waals surface area contributed by atoms with Gasteiger partial charge in [-0.2, -0.15) is 0 Å². The molecule has 1 atom stereocenters. The van der Waals surface area contributed by atoms with Crippen LogP contribution in [0.1, 0.15) is 11.1 Å². The van der Waals surface area contributed by atoms with Crippen LogP contribution >= 0.6 is 11.3 Å². The van der Waals surface area contributed by atoms with E-state index in [4.69, 9.17) is 10.5 Å². The third-order valence-electron chi connectivity index (χ3n) is 5.44. The number of rotatable bonds is 6. The van der Waals surface area contributed by atoms with Crippen LogP contribution in [0.4, 0.5) is 0 Å². The predicted octanol–water partition coefficient (Wildman–Crippen LogP) is 3.28. The molecule has 5 nitrogen and oxygen atoms in total. The molecule has 0 spiro atoms. The fourth-order valence-electron chi connectivity index (χ4n) is 3.78. The van der Waals surface area contributed by atoms with E-state index >= 15 is 0 Å². The highest BCUT2D eigenvalue weighted by Crippen LogP contribution is 2.28. The van der Waals surface area contributed by atoms with E-state index < -0.39 is 11.5 Å². The molecule has 30 heavy (non-hydrogen) atoms. The largest absolute Gasteiger partial charge is 0.367 e. The van der Waals surface area contributed by atoms with E-state index in [-0.39, 0.29) is 19.1 Å². The van der Waals surface area contributed by atoms with Gasteiger partial charge in [-0.15, -0.1) is 11.3 Å². The van der Waals surface area contributed by atoms with Gasteiger partial charge in [0.1, 0.15) is 0 Å². The van der Waals surface area contributed by atoms with Gasteiger partial charge in [-0.3, -0.25) is 9.59 Å². The molecule has 0 bridgehead atoms. The van der Waals surface area contributed by atoms with Crippen LogP contribution < -0.4 is 5.73 Å². The minimum absolute atomic E-state index is 0.0248. The van der Waals surface area contributed by atoms with Crippen molar-refractivity contribution in [1.29, 1.82) is 0 Å². The van der Waals surface area contributed by atoms with E-state index in [0.29, 0.717) is 19.4 Å². The Kier molecular flexibility index (Phi) is 5.97. The number of hydrogen-bond donors (Lipinski definition) is 1. The highest BCUT2D eigenvalue weighted by molar-refractivity contribution is 7.13. The van der Waals surface area contributed by atoms with Gasteiger partial charge in [0.05, 0.1) is 19.6 Å². The third-order valence-corrected chi connectivity index (χ3v) is 6.35. The van der Waals surface area contributed by atoms with Crippen molar-refractivity contribution in [3.63, 3.8) is 0 Å². The molecule has 154 valence electrons. The predicted molar refractivity (Wildman–Crippen MR) is 118 cm³/mol. The minimum atomic E-state index is -1.21. The van der Waals surface area contributed by atoms with Crippen LogP contribution in [-0.2, 0) is 27.2 Å². The Labute approximate surface area is 180 Å². The normalized spacial score (nSPS) is 18.9. The maximum Gasteiger partial charge on any atom is 0.251 e. The van der Waals surface area contributed by atoms with Gasteiger partial charge in [0.25, 0.3) is 5.91 Å². The van der Waals surface area contributed by atoms with Crippen LogP contribution in [0.3, 0.4) is 0 Å². The molecule has 1 fully saturated rings. The number of benzene rings is 2. The molecule has 0 radical (unpaired) electrons. The molecule has 1 aliphatic rings. The molecular weight excluding hydrogens is 396 g/mol. The van der Waals surface area contributed by atoms with Gasteiger partial charge in [-0.05, 0) is 28.1 Å². The van der Waals surface area contributed by atoms with E-state index in [1.165, 1.54) is 4.88 Å². The van der Waals surface area contributed by atoms with Crippen molar-refractivity contribution in [2.24, 2.45) is 5.73 Å². The molecule has 6 heteroatoms. The van der Waals surface area contributed by atoms with E-state index in [1.54, 1.807) is 16.2 Å². The van der Waals surface area contributed by atoms with Gasteiger partial charge in [0.15, 0.2) is 5.60 Å². The SMILES string of the molecule is NC(=O)C1(Cc2ccc(-c3cccs3)cc2)CN(C(=O)Cc2ccccc2)CCO1. The summed E-state index contributed by atoms with van der Waals surface area (Å²) in [6, 6.07) is 21.8. The minimum Gasteiger partial charge on any atom is -0.367 e. The van der Waals surface area contributed by atoms with Crippen molar-refractivity contribution >= 4 is 23.2 Å². The number of carbonyl (C=O) groups is 2. The van der Waals surface area contributed by atoms with Crippen LogP contribution in [-0.4, -0.2) is 42.0 Å². The van der Waals surface area contributed by atoms with E-state index in [0.717, 1.165) is 16.7 Å². The summed E-state index contributed by atoms with van der Waals surface area (Å²) in [7, 11) is 0. The number of morpholine rings is 1. The van der Waals surface area contributed by atoms with Crippen molar-refractivity contribution in [3.05, 3.63) is 83.2 Å². The van der Waals surface area contributed by atoms with Crippen molar-refractivity contribution in [1.82, 2.24) is 4.90 Å². The summed E-state index contributed by atoms with van der Waals surface area (Å²) in [5, 5.41) is 2.04. The smallest absolute Gasteiger partial charge is 0.251 e. The Morgan fingerprint density at radius 2 is 1.77 bits per heavy atom. The number of amides is 2. The van der Waals surface area contributed by atoms with Gasteiger partial charge in [0, 0.05) is 17.8 Å². The second-order valence-electron chi connectivity index (χ2n) is 7.54. The van der Waals surface area contributed by atoms with Crippen molar-refractivity contribution in [2.45, 2.75) is 18.4 Å². The lowest BCUT2D eigenvalue weighted by Crippen LogP contribution is -2.61. The van der Waals surface area contributed by atoms with E-state index in [2.05, 4.69) is 6.07 Å². The van der Waals surface area contributed by atoms with Crippen LogP contribution in [0.2, 0.25) is 0 Å². The maximum absolute atomic E-state index is 12.8. The fraction of sp³-hybridized carbons (Fsp3) is 0.250. The average molecular weight is 421 g/mol. The van der Waals surface area contributed by atoms with Crippen molar-refractivity contribution < 1.29 is 14.3 Å². The molecule has 4 rings (SSSR count). The van der Waals surface area contributed by atoms with Gasteiger partial charge >= 0.3 is 0 Å². The first-order valence-electron chi connectivity index (χ1n) is 9.94. The standard InChI is InChI=1S/C24H24N2O3S/c25-23(28)24(16-19-8-10-20(11-9-19)21-7-4-14-30-21)17-26(12-13-29-24)22(27)15-18-5-2-1-3-6-18/h1-11,14H,12-13,15-17H2,(H2,25,28). The van der Waals surface area contributed by atoms with E-state index in [9.17, 15) is 9.59 Å². The zero-order valence-electron chi connectivity index (χ0n) is 16.6. The molecule has 1 aromatic heterocycles. The first-order valence-corrected chi connectivity index (χ1v) is 10.8. The molecule has 2 N–H and O–H groups in total. The Hall–Kier alpha value is -2.96. The first-order chi connectivity index (χ1) is 14.6. The van der Waals surface area contributed by atoms with Gasteiger partial charge in [-0.1, -0.05) is 60.7 Å². The summed E-state index contributed by atoms with van der Waals surface area (Å²) in [5.41, 5.74) is 7.59. The number of hydrogen-bond acceptors (Lipinski definition) is 4. The summed E-state index contributed by atoms with van der Waals surface area (Å²) in [4.78, 5) is 28.1. The van der Waals surface area contributed by atoms with E-state index in [1.807, 2.05) is 66.0 Å². The summed E-state index contributed by atoms with van der Waals surface area (Å²) in [6.45, 7) is 0.912. The molecule has 1 aliphatic heterocycles. The zero-order valence-corrected chi connectivity index (χ0v) is 17.4. The lowest BCUT2D eigenvalue weighted by Gasteiger charge is -2.41. The lowest BCUT2D eigenvalue weighted by atomic mass is 9.91.